The quantitative estimate of drug-likeness (QED) is 0.824. The topological polar surface area (TPSA) is 65.6 Å². The minimum atomic E-state index is -0.174. The fourth-order valence-corrected chi connectivity index (χ4v) is 4.04. The van der Waals surface area contributed by atoms with E-state index in [2.05, 4.69) is 9.88 Å². The van der Waals surface area contributed by atoms with Gasteiger partial charge in [0.2, 0.25) is 5.91 Å². The van der Waals surface area contributed by atoms with Crippen LogP contribution in [0.1, 0.15) is 18.4 Å². The van der Waals surface area contributed by atoms with Gasteiger partial charge in [0.05, 0.1) is 13.2 Å². The van der Waals surface area contributed by atoms with E-state index in [1.54, 1.807) is 6.08 Å². The van der Waals surface area contributed by atoms with Gasteiger partial charge in [0.15, 0.2) is 0 Å². The highest BCUT2D eigenvalue weighted by atomic mass is 16.5. The van der Waals surface area contributed by atoms with Crippen LogP contribution in [0.25, 0.3) is 17.0 Å². The second-order valence-corrected chi connectivity index (χ2v) is 7.66. The highest BCUT2D eigenvalue weighted by Gasteiger charge is 2.24. The summed E-state index contributed by atoms with van der Waals surface area (Å²) in [6, 6.07) is 9.47. The Morgan fingerprint density at radius 2 is 1.89 bits per heavy atom. The number of rotatable bonds is 4. The molecule has 2 aliphatic heterocycles. The largest absolute Gasteiger partial charge is 0.379 e. The van der Waals surface area contributed by atoms with Gasteiger partial charge in [-0.05, 0) is 42.4 Å². The van der Waals surface area contributed by atoms with Crippen molar-refractivity contribution < 1.29 is 9.53 Å². The number of amides is 1. The van der Waals surface area contributed by atoms with Crippen molar-refractivity contribution in [2.75, 3.05) is 45.9 Å². The van der Waals surface area contributed by atoms with Gasteiger partial charge in [0, 0.05) is 49.9 Å². The van der Waals surface area contributed by atoms with E-state index in [1.165, 1.54) is 6.08 Å². The Morgan fingerprint density at radius 1 is 1.14 bits per heavy atom. The van der Waals surface area contributed by atoms with Gasteiger partial charge in [0.1, 0.15) is 0 Å². The van der Waals surface area contributed by atoms with E-state index in [1.807, 2.05) is 35.2 Å². The van der Waals surface area contributed by atoms with Crippen LogP contribution < -0.4 is 5.56 Å². The molecule has 1 aromatic carbocycles. The number of nitrogens with one attached hydrogen (secondary N) is 1. The monoisotopic (exact) mass is 381 g/mol. The first-order valence-corrected chi connectivity index (χ1v) is 10.1. The molecule has 28 heavy (non-hydrogen) atoms. The molecule has 1 amide bonds. The Kier molecular flexibility index (Phi) is 5.88. The maximum absolute atomic E-state index is 12.5. The number of aromatic amines is 1. The molecule has 6 heteroatoms. The molecule has 6 nitrogen and oxygen atoms in total. The molecule has 2 aromatic rings. The number of nitrogens with zero attached hydrogens (tertiary/aromatic N) is 2. The van der Waals surface area contributed by atoms with Gasteiger partial charge < -0.3 is 14.6 Å². The third-order valence-corrected chi connectivity index (χ3v) is 5.73. The Labute approximate surface area is 164 Å². The molecule has 2 saturated heterocycles. The number of benzene rings is 1. The summed E-state index contributed by atoms with van der Waals surface area (Å²) in [4.78, 5) is 32.0. The number of fused-ring (bicyclic) bond motifs is 1. The molecule has 1 aromatic heterocycles. The van der Waals surface area contributed by atoms with Gasteiger partial charge in [-0.25, -0.2) is 0 Å². The number of hydrogen-bond acceptors (Lipinski definition) is 4. The molecule has 148 valence electrons. The summed E-state index contributed by atoms with van der Waals surface area (Å²) < 4.78 is 5.41. The predicted octanol–water partition coefficient (Wildman–Crippen LogP) is 2.11. The highest BCUT2D eigenvalue weighted by Crippen LogP contribution is 2.19. The van der Waals surface area contributed by atoms with Crippen molar-refractivity contribution in [1.82, 2.24) is 14.8 Å². The molecule has 2 aliphatic rings. The molecule has 0 saturated carbocycles. The van der Waals surface area contributed by atoms with Gasteiger partial charge in [-0.1, -0.05) is 18.2 Å². The number of pyridine rings is 1. The standard InChI is InChI=1S/C22H27N3O3/c26-21(6-5-19-15-18-3-1-2-4-20(18)23-22(19)27)25-9-7-17(8-10-25)16-24-11-13-28-14-12-24/h1-6,15,17H,7-14,16H2,(H,23,27)/b6-5+. The minimum Gasteiger partial charge on any atom is -0.379 e. The lowest BCUT2D eigenvalue weighted by Gasteiger charge is -2.35. The van der Waals surface area contributed by atoms with Crippen molar-refractivity contribution >= 4 is 22.9 Å². The average Bonchev–Trinajstić information content (AvgIpc) is 2.73. The number of carbonyl (C=O) groups excluding carboxylic acids is 1. The Bertz CT molecular complexity index is 907. The normalized spacial score (nSPS) is 19.5. The molecule has 0 unspecified atom stereocenters. The molecule has 3 heterocycles. The van der Waals surface area contributed by atoms with E-state index in [4.69, 9.17) is 4.74 Å². The number of carbonyl (C=O) groups is 1. The number of hydrogen-bond donors (Lipinski definition) is 1. The summed E-state index contributed by atoms with van der Waals surface area (Å²) >= 11 is 0. The number of likely N-dealkylation sites (tertiary alicyclic amines) is 1. The van der Waals surface area contributed by atoms with E-state index in [-0.39, 0.29) is 11.5 Å². The first kappa shape index (κ1) is 18.9. The molecule has 4 rings (SSSR count). The summed E-state index contributed by atoms with van der Waals surface area (Å²) in [7, 11) is 0. The highest BCUT2D eigenvalue weighted by molar-refractivity contribution is 5.92. The maximum Gasteiger partial charge on any atom is 0.255 e. The zero-order valence-corrected chi connectivity index (χ0v) is 16.1. The Hall–Kier alpha value is -2.44. The molecule has 2 fully saturated rings. The van der Waals surface area contributed by atoms with Crippen molar-refractivity contribution in [3.05, 3.63) is 52.3 Å². The van der Waals surface area contributed by atoms with Crippen LogP contribution in [-0.2, 0) is 9.53 Å². The van der Waals surface area contributed by atoms with Crippen molar-refractivity contribution in [2.45, 2.75) is 12.8 Å². The second kappa shape index (κ2) is 8.71. The van der Waals surface area contributed by atoms with Crippen LogP contribution in [0.4, 0.5) is 0 Å². The van der Waals surface area contributed by atoms with Crippen molar-refractivity contribution in [3.8, 4) is 0 Å². The number of ether oxygens (including phenoxy) is 1. The van der Waals surface area contributed by atoms with E-state index >= 15 is 0 Å². The second-order valence-electron chi connectivity index (χ2n) is 7.66. The zero-order chi connectivity index (χ0) is 19.3. The van der Waals surface area contributed by atoms with Crippen molar-refractivity contribution in [3.63, 3.8) is 0 Å². The van der Waals surface area contributed by atoms with Crippen LogP contribution in [0, 0.1) is 5.92 Å². The third kappa shape index (κ3) is 4.51. The van der Waals surface area contributed by atoms with Crippen molar-refractivity contribution in [2.24, 2.45) is 5.92 Å². The lowest BCUT2D eigenvalue weighted by molar-refractivity contribution is -0.127. The average molecular weight is 381 g/mol. The number of morpholine rings is 1. The van der Waals surface area contributed by atoms with Crippen LogP contribution in [-0.4, -0.2) is 66.6 Å². The molecule has 1 N–H and O–H groups in total. The Balaban J connectivity index is 1.33. The smallest absolute Gasteiger partial charge is 0.255 e. The first-order valence-electron chi connectivity index (χ1n) is 10.1. The zero-order valence-electron chi connectivity index (χ0n) is 16.1. The van der Waals surface area contributed by atoms with Crippen molar-refractivity contribution in [1.29, 1.82) is 0 Å². The maximum atomic E-state index is 12.5. The molecular formula is C22H27N3O3. The minimum absolute atomic E-state index is 0.0163. The van der Waals surface area contributed by atoms with E-state index in [0.29, 0.717) is 11.5 Å². The Morgan fingerprint density at radius 3 is 2.68 bits per heavy atom. The van der Waals surface area contributed by atoms with Crippen LogP contribution in [0.15, 0.2) is 41.2 Å². The van der Waals surface area contributed by atoms with E-state index < -0.39 is 0 Å². The SMILES string of the molecule is O=C(/C=C/c1cc2ccccc2[nH]c1=O)N1CCC(CN2CCOCC2)CC1. The molecule has 0 spiro atoms. The lowest BCUT2D eigenvalue weighted by Crippen LogP contribution is -2.43. The third-order valence-electron chi connectivity index (χ3n) is 5.73. The number of H-pyrrole nitrogens is 1. The fourth-order valence-electron chi connectivity index (χ4n) is 4.04. The fraction of sp³-hybridized carbons (Fsp3) is 0.455. The molecule has 0 radical (unpaired) electrons. The van der Waals surface area contributed by atoms with Gasteiger partial charge >= 0.3 is 0 Å². The van der Waals surface area contributed by atoms with Gasteiger partial charge in [-0.2, -0.15) is 0 Å². The lowest BCUT2D eigenvalue weighted by atomic mass is 9.96. The number of para-hydroxylation sites is 1. The summed E-state index contributed by atoms with van der Waals surface area (Å²) in [6.07, 6.45) is 5.23. The van der Waals surface area contributed by atoms with Crippen LogP contribution in [0.5, 0.6) is 0 Å². The van der Waals surface area contributed by atoms with E-state index in [9.17, 15) is 9.59 Å². The van der Waals surface area contributed by atoms with Crippen LogP contribution in [0.3, 0.4) is 0 Å². The summed E-state index contributed by atoms with van der Waals surface area (Å²) in [5, 5.41) is 0.957. The molecular weight excluding hydrogens is 354 g/mol. The van der Waals surface area contributed by atoms with Gasteiger partial charge in [-0.3, -0.25) is 14.5 Å². The number of aromatic nitrogens is 1. The molecule has 0 aliphatic carbocycles. The summed E-state index contributed by atoms with van der Waals surface area (Å²) in [6.45, 7) is 6.36. The summed E-state index contributed by atoms with van der Waals surface area (Å²) in [5.74, 6) is 0.631. The van der Waals surface area contributed by atoms with Crippen LogP contribution in [0.2, 0.25) is 0 Å². The first-order chi connectivity index (χ1) is 13.7. The number of piperidine rings is 1. The van der Waals surface area contributed by atoms with E-state index in [0.717, 1.165) is 69.7 Å². The molecule has 0 bridgehead atoms. The van der Waals surface area contributed by atoms with Gasteiger partial charge in [0.25, 0.3) is 5.56 Å². The summed E-state index contributed by atoms with van der Waals surface area (Å²) in [5.41, 5.74) is 1.14. The molecule has 0 atom stereocenters. The predicted molar refractivity (Wildman–Crippen MR) is 110 cm³/mol. The van der Waals surface area contributed by atoms with Gasteiger partial charge in [-0.15, -0.1) is 0 Å². The van der Waals surface area contributed by atoms with Crippen LogP contribution >= 0.6 is 0 Å².